The number of thiazole rings is 1. The van der Waals surface area contributed by atoms with Crippen LogP contribution in [-0.2, 0) is 36.9 Å². The molecule has 55 heavy (non-hydrogen) atoms. The van der Waals surface area contributed by atoms with Gasteiger partial charge in [0.05, 0.1) is 19.1 Å². The summed E-state index contributed by atoms with van der Waals surface area (Å²) in [7, 11) is 3.02. The normalized spacial score (nSPS) is 20.0. The summed E-state index contributed by atoms with van der Waals surface area (Å²) in [5, 5.41) is 15.6. The Balaban J connectivity index is 1.41. The molecule has 0 spiro atoms. The van der Waals surface area contributed by atoms with Crippen molar-refractivity contribution < 1.29 is 28.8 Å². The molecule has 3 aromatic heterocycles. The first kappa shape index (κ1) is 40.5. The van der Waals surface area contributed by atoms with Crippen molar-refractivity contribution in [1.29, 1.82) is 0 Å². The molecule has 1 aliphatic rings. The van der Waals surface area contributed by atoms with E-state index in [-0.39, 0.29) is 56.5 Å². The number of carbonyl (C=O) groups is 6. The number of fused-ring (bicyclic) bond motifs is 3. The van der Waals surface area contributed by atoms with Gasteiger partial charge in [0.25, 0.3) is 5.91 Å². The second-order valence-electron chi connectivity index (χ2n) is 14.2. The van der Waals surface area contributed by atoms with Crippen molar-refractivity contribution in [2.75, 3.05) is 40.3 Å². The van der Waals surface area contributed by atoms with Crippen LogP contribution in [0.25, 0.3) is 10.9 Å². The Morgan fingerprint density at radius 1 is 0.945 bits per heavy atom. The third-order valence-electron chi connectivity index (χ3n) is 9.32. The van der Waals surface area contributed by atoms with Crippen LogP contribution in [0.3, 0.4) is 0 Å². The number of rotatable bonds is 8. The minimum absolute atomic E-state index is 0.0595. The monoisotopic (exact) mass is 775 g/mol. The van der Waals surface area contributed by atoms with Gasteiger partial charge in [0.2, 0.25) is 29.5 Å². The number of aromatic amines is 1. The SMILES string of the molecule is CC(C)C[C@@H]1NC(=O)CN(C(=O)CCCn2cncn2)CCN(C)C(=O)[C@H](C)NC(=O)CN(C)C(=O)[C@@H](Cc2c[nH]c3ccccc23)NC(=O)c2csc1n2. The van der Waals surface area contributed by atoms with Crippen molar-refractivity contribution in [2.24, 2.45) is 5.92 Å². The Labute approximate surface area is 323 Å². The second-order valence-corrected chi connectivity index (χ2v) is 15.1. The lowest BCUT2D eigenvalue weighted by atomic mass is 10.0. The van der Waals surface area contributed by atoms with E-state index < -0.39 is 47.7 Å². The van der Waals surface area contributed by atoms with Crippen molar-refractivity contribution >= 4 is 57.7 Å². The van der Waals surface area contributed by atoms with Gasteiger partial charge in [-0.3, -0.25) is 33.4 Å². The molecular weight excluding hydrogens is 727 g/mol. The van der Waals surface area contributed by atoms with E-state index in [4.69, 9.17) is 0 Å². The predicted octanol–water partition coefficient (Wildman–Crippen LogP) is 1.50. The van der Waals surface area contributed by atoms with Gasteiger partial charge in [0, 0.05) is 69.1 Å². The molecule has 0 saturated carbocycles. The Hall–Kier alpha value is -5.65. The van der Waals surface area contributed by atoms with Crippen LogP contribution in [0.15, 0.2) is 48.5 Å². The van der Waals surface area contributed by atoms with Gasteiger partial charge in [0.1, 0.15) is 35.4 Å². The molecular formula is C37H49N11O6S. The first-order valence-corrected chi connectivity index (χ1v) is 19.2. The van der Waals surface area contributed by atoms with E-state index in [9.17, 15) is 28.8 Å². The number of nitrogens with one attached hydrogen (secondary N) is 4. The number of likely N-dealkylation sites (N-methyl/N-ethyl adjacent to an activating group) is 2. The van der Waals surface area contributed by atoms with E-state index in [1.165, 1.54) is 46.3 Å². The molecule has 3 atom stereocenters. The van der Waals surface area contributed by atoms with Crippen molar-refractivity contribution in [3.63, 3.8) is 0 Å². The van der Waals surface area contributed by atoms with Gasteiger partial charge in [-0.25, -0.2) is 9.97 Å². The second kappa shape index (κ2) is 18.6. The van der Waals surface area contributed by atoms with Crippen molar-refractivity contribution in [2.45, 2.75) is 71.1 Å². The fourth-order valence-electron chi connectivity index (χ4n) is 6.42. The number of aryl methyl sites for hydroxylation is 1. The molecule has 1 aliphatic heterocycles. The zero-order valence-corrected chi connectivity index (χ0v) is 32.6. The molecule has 4 heterocycles. The number of para-hydroxylation sites is 1. The average molecular weight is 776 g/mol. The zero-order valence-electron chi connectivity index (χ0n) is 31.8. The molecule has 5 rings (SSSR count). The van der Waals surface area contributed by atoms with E-state index in [1.807, 2.05) is 38.1 Å². The summed E-state index contributed by atoms with van der Waals surface area (Å²) in [5.74, 6) is -2.66. The van der Waals surface area contributed by atoms with Crippen LogP contribution in [0.1, 0.15) is 67.1 Å². The molecule has 0 unspecified atom stereocenters. The third-order valence-corrected chi connectivity index (χ3v) is 10.3. The molecule has 18 heteroatoms. The zero-order chi connectivity index (χ0) is 39.6. The molecule has 0 saturated heterocycles. The number of benzene rings is 1. The summed E-state index contributed by atoms with van der Waals surface area (Å²) in [6.07, 6.45) is 5.97. The molecule has 17 nitrogen and oxygen atoms in total. The summed E-state index contributed by atoms with van der Waals surface area (Å²) < 4.78 is 1.62. The fraction of sp³-hybridized carbons (Fsp3) is 0.486. The molecule has 4 N–H and O–H groups in total. The highest BCUT2D eigenvalue weighted by Gasteiger charge is 2.30. The van der Waals surface area contributed by atoms with Gasteiger partial charge in [-0.15, -0.1) is 11.3 Å². The maximum atomic E-state index is 13.9. The van der Waals surface area contributed by atoms with Crippen LogP contribution < -0.4 is 16.0 Å². The fourth-order valence-corrected chi connectivity index (χ4v) is 7.28. The lowest BCUT2D eigenvalue weighted by molar-refractivity contribution is -0.139. The number of hydrogen-bond acceptors (Lipinski definition) is 10. The molecule has 0 fully saturated rings. The van der Waals surface area contributed by atoms with Crippen molar-refractivity contribution in [3.8, 4) is 0 Å². The maximum absolute atomic E-state index is 13.9. The topological polar surface area (TPSA) is 208 Å². The molecule has 294 valence electrons. The lowest BCUT2D eigenvalue weighted by Gasteiger charge is -2.28. The Kier molecular flexibility index (Phi) is 13.7. The summed E-state index contributed by atoms with van der Waals surface area (Å²) in [4.78, 5) is 97.0. The first-order valence-electron chi connectivity index (χ1n) is 18.3. The average Bonchev–Trinajstić information content (AvgIpc) is 3.94. The van der Waals surface area contributed by atoms with E-state index in [2.05, 4.69) is 36.0 Å². The largest absolute Gasteiger partial charge is 0.361 e. The number of aromatic nitrogens is 5. The predicted molar refractivity (Wildman–Crippen MR) is 204 cm³/mol. The van der Waals surface area contributed by atoms with Crippen LogP contribution in [0, 0.1) is 5.92 Å². The van der Waals surface area contributed by atoms with Crippen LogP contribution >= 0.6 is 11.3 Å². The highest BCUT2D eigenvalue weighted by Crippen LogP contribution is 2.25. The van der Waals surface area contributed by atoms with Crippen LogP contribution in [-0.4, -0.2) is 127 Å². The molecule has 1 aromatic carbocycles. The van der Waals surface area contributed by atoms with E-state index in [1.54, 1.807) is 29.6 Å². The maximum Gasteiger partial charge on any atom is 0.271 e. The van der Waals surface area contributed by atoms with Gasteiger partial charge in [-0.1, -0.05) is 32.0 Å². The smallest absolute Gasteiger partial charge is 0.271 e. The highest BCUT2D eigenvalue weighted by atomic mass is 32.1. The number of nitrogens with zero attached hydrogens (tertiary/aromatic N) is 7. The Morgan fingerprint density at radius 3 is 2.45 bits per heavy atom. The third kappa shape index (κ3) is 11.0. The number of H-pyrrole nitrogens is 1. The van der Waals surface area contributed by atoms with E-state index >= 15 is 0 Å². The minimum Gasteiger partial charge on any atom is -0.361 e. The number of amides is 6. The van der Waals surface area contributed by atoms with Crippen LogP contribution in [0.5, 0.6) is 0 Å². The van der Waals surface area contributed by atoms with Gasteiger partial charge in [-0.05, 0) is 37.3 Å². The number of carbonyl (C=O) groups excluding carboxylic acids is 6. The quantitative estimate of drug-likeness (QED) is 0.204. The molecule has 6 amide bonds. The highest BCUT2D eigenvalue weighted by molar-refractivity contribution is 7.09. The Bertz CT molecular complexity index is 1980. The summed E-state index contributed by atoms with van der Waals surface area (Å²) in [5.41, 5.74) is 1.74. The summed E-state index contributed by atoms with van der Waals surface area (Å²) in [6.45, 7) is 5.51. The van der Waals surface area contributed by atoms with Crippen molar-refractivity contribution in [1.82, 2.24) is 55.4 Å². The van der Waals surface area contributed by atoms with Gasteiger partial charge in [0.15, 0.2) is 0 Å². The van der Waals surface area contributed by atoms with E-state index in [0.29, 0.717) is 24.4 Å². The van der Waals surface area contributed by atoms with E-state index in [0.717, 1.165) is 16.5 Å². The van der Waals surface area contributed by atoms with Gasteiger partial charge < -0.3 is 35.6 Å². The standard InChI is InChI=1S/C37H49N11O6S/c1-23(2)15-28-35-44-30(20-55-35)34(52)43-29(16-25-17-39-27-10-7-6-9-26(25)27)37(54)46(5)18-31(49)41-24(3)36(53)45(4)13-14-47(19-32(50)42-28)33(51)11-8-12-48-22-38-21-40-48/h6-7,9-10,17,20-24,28-29,39H,8,11-16,18-19H2,1-5H3,(H,41,49)(H,42,50)(H,43,52)/t24-,28-,29+/m0/s1. The first-order chi connectivity index (χ1) is 26.3. The molecule has 0 radical (unpaired) electrons. The summed E-state index contributed by atoms with van der Waals surface area (Å²) >= 11 is 1.21. The van der Waals surface area contributed by atoms with Gasteiger partial charge >= 0.3 is 0 Å². The minimum atomic E-state index is -1.07. The summed E-state index contributed by atoms with van der Waals surface area (Å²) in [6, 6.07) is 5.01. The van der Waals surface area contributed by atoms with Crippen molar-refractivity contribution in [3.05, 3.63) is 64.8 Å². The van der Waals surface area contributed by atoms with Crippen LogP contribution in [0.4, 0.5) is 0 Å². The van der Waals surface area contributed by atoms with Crippen LogP contribution in [0.2, 0.25) is 0 Å². The number of hydrogen-bond donors (Lipinski definition) is 4. The molecule has 4 aromatic rings. The molecule has 0 aliphatic carbocycles. The van der Waals surface area contributed by atoms with Gasteiger partial charge in [-0.2, -0.15) is 5.10 Å². The Morgan fingerprint density at radius 2 is 1.71 bits per heavy atom. The molecule has 2 bridgehead atoms. The lowest BCUT2D eigenvalue weighted by Crippen LogP contribution is -2.53.